The van der Waals surface area contributed by atoms with Crippen LogP contribution < -0.4 is 0 Å². The molecule has 3 aliphatic carbocycles. The molecule has 0 spiro atoms. The van der Waals surface area contributed by atoms with Gasteiger partial charge in [0.15, 0.2) is 0 Å². The number of fused-ring (bicyclic) bond motifs is 2. The lowest BCUT2D eigenvalue weighted by Gasteiger charge is -2.46. The van der Waals surface area contributed by atoms with Crippen LogP contribution in [-0.2, 0) is 0 Å². The minimum atomic E-state index is -4.28. The third kappa shape index (κ3) is 10.5. The van der Waals surface area contributed by atoms with E-state index in [2.05, 4.69) is 69.3 Å². The summed E-state index contributed by atoms with van der Waals surface area (Å²) < 4.78 is 105. The maximum Gasteiger partial charge on any atom is 0.422 e. The largest absolute Gasteiger partial charge is 0.422 e. The Hall–Kier alpha value is -0.970. The molecule has 2 bridgehead atoms. The van der Waals surface area contributed by atoms with Gasteiger partial charge in [0.2, 0.25) is 0 Å². The van der Waals surface area contributed by atoms with Crippen molar-refractivity contribution in [2.24, 2.45) is 22.7 Å². The van der Waals surface area contributed by atoms with Crippen LogP contribution in [0.3, 0.4) is 0 Å². The van der Waals surface area contributed by atoms with E-state index in [9.17, 15) is 39.5 Å². The molecule has 0 aromatic heterocycles. The van der Waals surface area contributed by atoms with Crippen molar-refractivity contribution in [2.45, 2.75) is 59.1 Å². The van der Waals surface area contributed by atoms with Gasteiger partial charge in [-0.25, -0.2) is 0 Å². The van der Waals surface area contributed by atoms with Gasteiger partial charge in [-0.1, -0.05) is 79.4 Å². The molecule has 0 aromatic carbocycles. The molecule has 3 rings (SSSR count). The van der Waals surface area contributed by atoms with Gasteiger partial charge in [0, 0.05) is 5.57 Å². The van der Waals surface area contributed by atoms with E-state index in [4.69, 9.17) is 0 Å². The van der Waals surface area contributed by atoms with Gasteiger partial charge < -0.3 is 0 Å². The quantitative estimate of drug-likeness (QED) is 0.139. The van der Waals surface area contributed by atoms with Crippen LogP contribution in [0.25, 0.3) is 0 Å². The smallest absolute Gasteiger partial charge is 0.170 e. The lowest BCUT2D eigenvalue weighted by atomic mass is 9.60. The molecule has 3 unspecified atom stereocenters. The molecule has 0 heterocycles. The van der Waals surface area contributed by atoms with Gasteiger partial charge >= 0.3 is 18.5 Å². The van der Waals surface area contributed by atoms with Crippen LogP contribution in [0.2, 0.25) is 0 Å². The summed E-state index contributed by atoms with van der Waals surface area (Å²) in [5.41, 5.74) is -2.96. The standard InChI is InChI=1S/C11H15F3.C5H6.C4H5F3.C3H2BrF3.CH3Br/c1-9(2)7-4-5-8(6-7)10(9,3)11(12,13)14;1-2-4-5-3-1;1-3(2)4(5,6)7;1-2(4)3(5,6)7;1-2/h4-5,7-8H,6H2,1-3H3;1-4H,5H2;1H2,2H3;1H2;1H3. The molecule has 1 saturated carbocycles. The minimum Gasteiger partial charge on any atom is -0.170 e. The van der Waals surface area contributed by atoms with Gasteiger partial charge in [-0.15, -0.1) is 0 Å². The van der Waals surface area contributed by atoms with Gasteiger partial charge in [0.05, 0.1) is 9.90 Å². The summed E-state index contributed by atoms with van der Waals surface area (Å²) in [6.45, 7) is 11.1. The maximum atomic E-state index is 13.1. The van der Waals surface area contributed by atoms with Crippen molar-refractivity contribution in [1.29, 1.82) is 0 Å². The van der Waals surface area contributed by atoms with E-state index >= 15 is 0 Å². The molecule has 0 saturated heterocycles. The predicted molar refractivity (Wildman–Crippen MR) is 131 cm³/mol. The molecule has 0 radical (unpaired) electrons. The van der Waals surface area contributed by atoms with Crippen molar-refractivity contribution < 1.29 is 39.5 Å². The molecule has 0 aromatic rings. The van der Waals surface area contributed by atoms with Crippen LogP contribution in [0, 0.1) is 22.7 Å². The molecule has 35 heavy (non-hydrogen) atoms. The first-order valence-electron chi connectivity index (χ1n) is 10.2. The van der Waals surface area contributed by atoms with Crippen molar-refractivity contribution in [3.05, 3.63) is 59.7 Å². The average Bonchev–Trinajstić information content (AvgIpc) is 3.44. The summed E-state index contributed by atoms with van der Waals surface area (Å²) in [5, 5.41) is 0. The summed E-state index contributed by atoms with van der Waals surface area (Å²) in [6.07, 6.45) is 1.31. The van der Waals surface area contributed by atoms with Crippen LogP contribution in [-0.4, -0.2) is 24.4 Å². The second-order valence-electron chi connectivity index (χ2n) is 8.53. The molecular formula is C24H31Br2F9. The Morgan fingerprint density at radius 1 is 0.800 bits per heavy atom. The molecule has 3 aliphatic rings. The number of hydrogen-bond donors (Lipinski definition) is 0. The molecule has 0 nitrogen and oxygen atoms in total. The summed E-state index contributed by atoms with van der Waals surface area (Å²) >= 11 is 5.11. The van der Waals surface area contributed by atoms with E-state index in [0.717, 1.165) is 13.3 Å². The Bertz CT molecular complexity index is 735. The van der Waals surface area contributed by atoms with Crippen LogP contribution in [0.4, 0.5) is 39.5 Å². The molecule has 3 atom stereocenters. The first-order chi connectivity index (χ1) is 15.6. The Kier molecular flexibility index (Phi) is 14.6. The van der Waals surface area contributed by atoms with Crippen molar-refractivity contribution in [3.8, 4) is 0 Å². The first-order valence-corrected chi connectivity index (χ1v) is 12.6. The van der Waals surface area contributed by atoms with Crippen LogP contribution in [0.1, 0.15) is 40.5 Å². The van der Waals surface area contributed by atoms with E-state index in [1.165, 1.54) is 6.92 Å². The fraction of sp³-hybridized carbons (Fsp3) is 0.583. The number of allylic oxidation sites excluding steroid dienone is 8. The SMILES string of the molecule is C1=CCC=C1.C=C(Br)C(F)(F)F.C=C(C)C(F)(F)F.CBr.CC1(C)C2C=CC(C2)C1(C)C(F)(F)F. The zero-order chi connectivity index (χ0) is 28.5. The van der Waals surface area contributed by atoms with E-state index in [0.29, 0.717) is 6.42 Å². The number of alkyl halides is 10. The van der Waals surface area contributed by atoms with E-state index < -0.39 is 39.4 Å². The van der Waals surface area contributed by atoms with E-state index in [1.54, 1.807) is 19.9 Å². The number of rotatable bonds is 0. The maximum absolute atomic E-state index is 13.1. The Morgan fingerprint density at radius 2 is 1.14 bits per heavy atom. The summed E-state index contributed by atoms with van der Waals surface area (Å²) in [4.78, 5) is 0. The van der Waals surface area contributed by atoms with Gasteiger partial charge in [-0.3, -0.25) is 0 Å². The van der Waals surface area contributed by atoms with Crippen molar-refractivity contribution in [3.63, 3.8) is 0 Å². The number of hydrogen-bond acceptors (Lipinski definition) is 0. The minimum absolute atomic E-state index is 0.0964. The van der Waals surface area contributed by atoms with Crippen LogP contribution >= 0.6 is 31.9 Å². The molecule has 0 amide bonds. The molecule has 1 fully saturated rings. The molecule has 0 N–H and O–H groups in total. The predicted octanol–water partition coefficient (Wildman–Crippen LogP) is 10.9. The van der Waals surface area contributed by atoms with Crippen LogP contribution in [0.5, 0.6) is 0 Å². The zero-order valence-electron chi connectivity index (χ0n) is 20.1. The third-order valence-corrected chi connectivity index (χ3v) is 6.58. The summed E-state index contributed by atoms with van der Waals surface area (Å²) in [7, 11) is 0. The highest BCUT2D eigenvalue weighted by Gasteiger charge is 2.69. The molecule has 0 aliphatic heterocycles. The molecular weight excluding hydrogens is 619 g/mol. The second kappa shape index (κ2) is 14.1. The summed E-state index contributed by atoms with van der Waals surface area (Å²) in [6, 6.07) is 0. The molecule has 204 valence electrons. The topological polar surface area (TPSA) is 0 Å². The third-order valence-electron chi connectivity index (χ3n) is 6.13. The fourth-order valence-corrected chi connectivity index (χ4v) is 3.49. The monoisotopic (exact) mass is 648 g/mol. The Labute approximate surface area is 218 Å². The van der Waals surface area contributed by atoms with Crippen molar-refractivity contribution in [1.82, 2.24) is 0 Å². The van der Waals surface area contributed by atoms with Crippen LogP contribution in [0.15, 0.2) is 59.7 Å². The molecule has 11 heteroatoms. The lowest BCUT2D eigenvalue weighted by Crippen LogP contribution is -2.49. The Morgan fingerprint density at radius 3 is 1.29 bits per heavy atom. The van der Waals surface area contributed by atoms with E-state index in [-0.39, 0.29) is 11.8 Å². The Balaban J connectivity index is 0. The fourth-order valence-electron chi connectivity index (χ4n) is 3.49. The van der Waals surface area contributed by atoms with Crippen molar-refractivity contribution in [2.75, 3.05) is 5.83 Å². The highest BCUT2D eigenvalue weighted by molar-refractivity contribution is 9.11. The van der Waals surface area contributed by atoms with Gasteiger partial charge in [0.1, 0.15) is 0 Å². The zero-order valence-corrected chi connectivity index (χ0v) is 23.3. The van der Waals surface area contributed by atoms with Gasteiger partial charge in [-0.05, 0) is 65.7 Å². The number of halogens is 11. The highest BCUT2D eigenvalue weighted by atomic mass is 79.9. The summed E-state index contributed by atoms with van der Waals surface area (Å²) in [5.74, 6) is 1.59. The normalized spacial score (nSPS) is 25.1. The van der Waals surface area contributed by atoms with E-state index in [1.807, 2.05) is 11.9 Å². The van der Waals surface area contributed by atoms with Crippen molar-refractivity contribution >= 4 is 31.9 Å². The van der Waals surface area contributed by atoms with Gasteiger partial charge in [0.25, 0.3) is 0 Å². The van der Waals surface area contributed by atoms with Gasteiger partial charge in [-0.2, -0.15) is 39.5 Å². The average molecular weight is 650 g/mol. The second-order valence-corrected chi connectivity index (χ2v) is 9.49. The lowest BCUT2D eigenvalue weighted by molar-refractivity contribution is -0.258. The highest BCUT2D eigenvalue weighted by Crippen LogP contribution is 2.68. The first kappa shape index (κ1) is 36.2.